The van der Waals surface area contributed by atoms with Crippen LogP contribution in [0.3, 0.4) is 0 Å². The predicted molar refractivity (Wildman–Crippen MR) is 181 cm³/mol. The van der Waals surface area contributed by atoms with Gasteiger partial charge in [-0.15, -0.1) is 0 Å². The maximum absolute atomic E-state index is 13.2. The molecule has 0 saturated carbocycles. The zero-order valence-corrected chi connectivity index (χ0v) is 29.8. The number of hydrogen-bond donors (Lipinski definition) is 3. The van der Waals surface area contributed by atoms with E-state index in [9.17, 15) is 19.8 Å². The van der Waals surface area contributed by atoms with Crippen molar-refractivity contribution in [3.05, 3.63) is 0 Å². The van der Waals surface area contributed by atoms with Crippen molar-refractivity contribution in [2.45, 2.75) is 218 Å². The predicted octanol–water partition coefficient (Wildman–Crippen LogP) is 7.62. The molecule has 9 nitrogen and oxygen atoms in total. The van der Waals surface area contributed by atoms with Gasteiger partial charge in [-0.25, -0.2) is 0 Å². The first-order chi connectivity index (χ1) is 22.2. The summed E-state index contributed by atoms with van der Waals surface area (Å²) in [5.41, 5.74) is 0. The van der Waals surface area contributed by atoms with Gasteiger partial charge in [0.05, 0.1) is 13.0 Å². The third-order valence-electron chi connectivity index (χ3n) is 9.36. The highest BCUT2D eigenvalue weighted by Gasteiger charge is 2.50. The van der Waals surface area contributed by atoms with Crippen LogP contribution in [-0.4, -0.2) is 71.2 Å². The molecule has 0 aliphatic carbocycles. The van der Waals surface area contributed by atoms with Crippen molar-refractivity contribution >= 4 is 11.9 Å². The normalized spacial score (nSPS) is 24.7. The number of carbonyl (C=O) groups excluding carboxylic acids is 2. The van der Waals surface area contributed by atoms with E-state index in [0.29, 0.717) is 12.8 Å². The molecular formula is C37H69NO8. The van der Waals surface area contributed by atoms with Crippen molar-refractivity contribution in [3.63, 3.8) is 0 Å². The van der Waals surface area contributed by atoms with Crippen LogP contribution in [0.15, 0.2) is 0 Å². The van der Waals surface area contributed by atoms with Crippen molar-refractivity contribution < 1.29 is 38.7 Å². The average molecular weight is 656 g/mol. The van der Waals surface area contributed by atoms with Crippen molar-refractivity contribution in [2.75, 3.05) is 6.61 Å². The largest absolute Gasteiger partial charge is 0.462 e. The summed E-state index contributed by atoms with van der Waals surface area (Å²) in [6, 6.07) is -1.07. The molecule has 2 aliphatic rings. The molecular weight excluding hydrogens is 586 g/mol. The number of aliphatic hydroxyl groups excluding tert-OH is 2. The van der Waals surface area contributed by atoms with E-state index in [1.54, 1.807) is 13.8 Å². The topological polar surface area (TPSA) is 124 Å². The summed E-state index contributed by atoms with van der Waals surface area (Å²) < 4.78 is 22.9. The minimum atomic E-state index is -1.41. The monoisotopic (exact) mass is 656 g/mol. The lowest BCUT2D eigenvalue weighted by Crippen LogP contribution is -2.68. The molecule has 2 saturated heterocycles. The van der Waals surface area contributed by atoms with Gasteiger partial charge in [0.2, 0.25) is 5.91 Å². The van der Waals surface area contributed by atoms with Crippen LogP contribution in [0.25, 0.3) is 0 Å². The van der Waals surface area contributed by atoms with Gasteiger partial charge in [-0.1, -0.05) is 129 Å². The summed E-state index contributed by atoms with van der Waals surface area (Å²) in [4.78, 5) is 25.9. The molecule has 0 radical (unpaired) electrons. The Kier molecular flexibility index (Phi) is 21.3. The van der Waals surface area contributed by atoms with Gasteiger partial charge < -0.3 is 34.5 Å². The van der Waals surface area contributed by atoms with Gasteiger partial charge in [-0.05, 0) is 33.1 Å². The Hall–Kier alpha value is -1.26. The number of hydrogen-bond acceptors (Lipinski definition) is 8. The maximum atomic E-state index is 13.2. The number of ether oxygens (including phenoxy) is 4. The molecule has 6 atom stereocenters. The molecule has 0 aromatic rings. The second-order valence-corrected chi connectivity index (χ2v) is 14.2. The zero-order valence-electron chi connectivity index (χ0n) is 29.8. The number of aliphatic hydroxyl groups is 2. The lowest BCUT2D eigenvalue weighted by molar-refractivity contribution is -0.364. The Morgan fingerprint density at radius 2 is 1.28 bits per heavy atom. The molecule has 3 N–H and O–H groups in total. The van der Waals surface area contributed by atoms with E-state index in [1.165, 1.54) is 89.9 Å². The number of fused-ring (bicyclic) bond motifs is 1. The molecule has 0 spiro atoms. The smallest absolute Gasteiger partial charge is 0.306 e. The van der Waals surface area contributed by atoms with Crippen LogP contribution < -0.4 is 5.32 Å². The van der Waals surface area contributed by atoms with Crippen LogP contribution in [0.1, 0.15) is 175 Å². The summed E-state index contributed by atoms with van der Waals surface area (Å²) >= 11 is 0. The highest BCUT2D eigenvalue weighted by atomic mass is 16.7. The van der Waals surface area contributed by atoms with Gasteiger partial charge in [0.15, 0.2) is 12.1 Å². The number of rotatable bonds is 26. The molecule has 2 heterocycles. The zero-order chi connectivity index (χ0) is 33.6. The molecule has 2 aliphatic heterocycles. The minimum absolute atomic E-state index is 0.0273. The molecule has 0 aromatic heterocycles. The van der Waals surface area contributed by atoms with Crippen molar-refractivity contribution in [2.24, 2.45) is 0 Å². The molecule has 0 unspecified atom stereocenters. The second kappa shape index (κ2) is 24.0. The standard InChI is InChI=1S/C37H69NO8/c1-5-7-9-11-13-15-16-18-20-22-24-26-32(40)44-29(25-23-21-19-17-14-12-10-8-6-2)27-31(39)38-33-34(41)35-30(45-36(33)42)28-43-37(3,4)46-35/h29-30,33-36,41-42H,5-28H2,1-4H3,(H,38,39)/t29-,30-,33-,34-,35-,36-/m1/s1. The van der Waals surface area contributed by atoms with Gasteiger partial charge in [0.25, 0.3) is 0 Å². The summed E-state index contributed by atoms with van der Waals surface area (Å²) in [5, 5.41) is 24.3. The Labute approximate surface area is 280 Å². The minimum Gasteiger partial charge on any atom is -0.462 e. The van der Waals surface area contributed by atoms with Gasteiger partial charge >= 0.3 is 5.97 Å². The van der Waals surface area contributed by atoms with E-state index in [1.807, 2.05) is 0 Å². The Bertz CT molecular complexity index is 808. The number of esters is 1. The fourth-order valence-corrected chi connectivity index (χ4v) is 6.53. The molecule has 2 rings (SSSR count). The van der Waals surface area contributed by atoms with E-state index in [0.717, 1.165) is 38.5 Å². The van der Waals surface area contributed by atoms with Crippen LogP contribution >= 0.6 is 0 Å². The molecule has 270 valence electrons. The summed E-state index contributed by atoms with van der Waals surface area (Å²) in [6.07, 6.45) is 20.4. The van der Waals surface area contributed by atoms with Gasteiger partial charge in [0.1, 0.15) is 30.5 Å². The van der Waals surface area contributed by atoms with E-state index >= 15 is 0 Å². The molecule has 0 bridgehead atoms. The number of nitrogens with one attached hydrogen (secondary N) is 1. The second-order valence-electron chi connectivity index (χ2n) is 14.2. The molecule has 2 fully saturated rings. The summed E-state index contributed by atoms with van der Waals surface area (Å²) in [7, 11) is 0. The van der Waals surface area contributed by atoms with Gasteiger partial charge in [-0.2, -0.15) is 0 Å². The van der Waals surface area contributed by atoms with E-state index < -0.39 is 48.4 Å². The number of carbonyl (C=O) groups is 2. The van der Waals surface area contributed by atoms with Crippen LogP contribution in [0, 0.1) is 0 Å². The van der Waals surface area contributed by atoms with Gasteiger partial charge in [0, 0.05) is 6.42 Å². The van der Waals surface area contributed by atoms with Crippen molar-refractivity contribution in [1.82, 2.24) is 5.32 Å². The fraction of sp³-hybridized carbons (Fsp3) is 0.946. The quantitative estimate of drug-likeness (QED) is 0.0642. The first-order valence-electron chi connectivity index (χ1n) is 19.0. The molecule has 9 heteroatoms. The van der Waals surface area contributed by atoms with Gasteiger partial charge in [-0.3, -0.25) is 9.59 Å². The average Bonchev–Trinajstić information content (AvgIpc) is 3.01. The first kappa shape index (κ1) is 40.9. The SMILES string of the molecule is CCCCCCCCCCCCCC(=O)O[C@H](CCCCCCCCCCC)CC(=O)N[C@@H]1[C@@H](O)[C@@H]2OC(C)(C)OC[C@H]2O[C@H]1O. The molecule has 0 aromatic carbocycles. The lowest BCUT2D eigenvalue weighted by atomic mass is 9.95. The van der Waals surface area contributed by atoms with Crippen LogP contribution in [-0.2, 0) is 28.5 Å². The highest BCUT2D eigenvalue weighted by molar-refractivity contribution is 5.77. The summed E-state index contributed by atoms with van der Waals surface area (Å²) in [5.74, 6) is -1.57. The lowest BCUT2D eigenvalue weighted by Gasteiger charge is -2.48. The molecule has 1 amide bonds. The number of unbranched alkanes of at least 4 members (excludes halogenated alkanes) is 18. The van der Waals surface area contributed by atoms with Crippen molar-refractivity contribution in [1.29, 1.82) is 0 Å². The third-order valence-corrected chi connectivity index (χ3v) is 9.36. The maximum Gasteiger partial charge on any atom is 0.306 e. The Morgan fingerprint density at radius 1 is 0.783 bits per heavy atom. The van der Waals surface area contributed by atoms with Crippen LogP contribution in [0.5, 0.6) is 0 Å². The summed E-state index contributed by atoms with van der Waals surface area (Å²) in [6.45, 7) is 8.13. The van der Waals surface area contributed by atoms with E-state index in [-0.39, 0.29) is 19.0 Å². The molecule has 46 heavy (non-hydrogen) atoms. The number of amides is 1. The first-order valence-corrected chi connectivity index (χ1v) is 19.0. The van der Waals surface area contributed by atoms with Crippen LogP contribution in [0.4, 0.5) is 0 Å². The van der Waals surface area contributed by atoms with Crippen LogP contribution in [0.2, 0.25) is 0 Å². The Balaban J connectivity index is 1.78. The Morgan fingerprint density at radius 3 is 1.83 bits per heavy atom. The van der Waals surface area contributed by atoms with E-state index in [2.05, 4.69) is 19.2 Å². The highest BCUT2D eigenvalue weighted by Crippen LogP contribution is 2.32. The van der Waals surface area contributed by atoms with E-state index in [4.69, 9.17) is 18.9 Å². The fourth-order valence-electron chi connectivity index (χ4n) is 6.53. The van der Waals surface area contributed by atoms with Crippen molar-refractivity contribution in [3.8, 4) is 0 Å². The third kappa shape index (κ3) is 17.2.